The molecule has 0 saturated heterocycles. The van der Waals surface area contributed by atoms with Gasteiger partial charge in [-0.1, -0.05) is 13.8 Å². The highest BCUT2D eigenvalue weighted by Gasteiger charge is 2.14. The van der Waals surface area contributed by atoms with Gasteiger partial charge in [0, 0.05) is 11.6 Å². The lowest BCUT2D eigenvalue weighted by Crippen LogP contribution is -2.18. The number of pyridine rings is 1. The third-order valence-electron chi connectivity index (χ3n) is 2.54. The van der Waals surface area contributed by atoms with Crippen molar-refractivity contribution in [3.63, 3.8) is 0 Å². The van der Waals surface area contributed by atoms with E-state index in [-0.39, 0.29) is 11.8 Å². The number of carbonyl (C=O) groups is 1. The van der Waals surface area contributed by atoms with Crippen LogP contribution in [0.5, 0.6) is 0 Å². The maximum atomic E-state index is 11.7. The minimum atomic E-state index is -0.0505. The van der Waals surface area contributed by atoms with Crippen LogP contribution in [0.3, 0.4) is 0 Å². The molecule has 2 aromatic rings. The first-order chi connectivity index (χ1) is 7.99. The summed E-state index contributed by atoms with van der Waals surface area (Å²) in [6, 6.07) is 2.00. The highest BCUT2D eigenvalue weighted by atomic mass is 32.1. The molecule has 2 aromatic heterocycles. The number of amides is 1. The molecule has 17 heavy (non-hydrogen) atoms. The maximum absolute atomic E-state index is 11.7. The number of aryl methyl sites for hydroxylation is 2. The molecule has 1 amide bonds. The summed E-state index contributed by atoms with van der Waals surface area (Å²) < 4.78 is 4.27. The molecule has 0 radical (unpaired) electrons. The van der Waals surface area contributed by atoms with Gasteiger partial charge < -0.3 is 5.32 Å². The maximum Gasteiger partial charge on any atom is 0.228 e. The van der Waals surface area contributed by atoms with E-state index in [4.69, 9.17) is 0 Å². The van der Waals surface area contributed by atoms with Crippen molar-refractivity contribution in [3.8, 4) is 0 Å². The normalized spacial score (nSPS) is 11.1. The molecule has 4 nitrogen and oxygen atoms in total. The van der Waals surface area contributed by atoms with Crippen LogP contribution in [0, 0.1) is 19.8 Å². The molecule has 0 bridgehead atoms. The molecule has 0 spiro atoms. The Balaban J connectivity index is 2.46. The SMILES string of the molecule is Cc1cc(C)c2c(NC(=O)C(C)C)nsc2n1. The zero-order chi connectivity index (χ0) is 12.6. The Labute approximate surface area is 104 Å². The molecule has 0 aliphatic rings. The van der Waals surface area contributed by atoms with Gasteiger partial charge in [0.05, 0.1) is 5.39 Å². The van der Waals surface area contributed by atoms with Crippen molar-refractivity contribution in [3.05, 3.63) is 17.3 Å². The number of anilines is 1. The second-order valence-corrected chi connectivity index (χ2v) is 5.19. The van der Waals surface area contributed by atoms with Gasteiger partial charge in [0.1, 0.15) is 4.83 Å². The summed E-state index contributed by atoms with van der Waals surface area (Å²) in [7, 11) is 0. The Bertz CT molecular complexity index is 574. The molecule has 2 heterocycles. The van der Waals surface area contributed by atoms with Gasteiger partial charge in [-0.2, -0.15) is 4.37 Å². The topological polar surface area (TPSA) is 54.9 Å². The van der Waals surface area contributed by atoms with Crippen LogP contribution in [0.15, 0.2) is 6.07 Å². The van der Waals surface area contributed by atoms with E-state index >= 15 is 0 Å². The molecular weight excluding hydrogens is 234 g/mol. The van der Waals surface area contributed by atoms with Gasteiger partial charge >= 0.3 is 0 Å². The van der Waals surface area contributed by atoms with Gasteiger partial charge in [-0.25, -0.2) is 4.98 Å². The minimum Gasteiger partial charge on any atom is -0.309 e. The van der Waals surface area contributed by atoms with Crippen molar-refractivity contribution >= 4 is 33.5 Å². The lowest BCUT2D eigenvalue weighted by Gasteiger charge is -2.06. The molecule has 0 aromatic carbocycles. The van der Waals surface area contributed by atoms with Gasteiger partial charge in [0.15, 0.2) is 5.82 Å². The molecule has 0 unspecified atom stereocenters. The van der Waals surface area contributed by atoms with Crippen LogP contribution in [-0.2, 0) is 4.79 Å². The number of fused-ring (bicyclic) bond motifs is 1. The van der Waals surface area contributed by atoms with Crippen molar-refractivity contribution < 1.29 is 4.79 Å². The number of hydrogen-bond acceptors (Lipinski definition) is 4. The van der Waals surface area contributed by atoms with Crippen molar-refractivity contribution in [1.82, 2.24) is 9.36 Å². The van der Waals surface area contributed by atoms with Crippen LogP contribution in [0.4, 0.5) is 5.82 Å². The van der Waals surface area contributed by atoms with Crippen LogP contribution >= 0.6 is 11.5 Å². The number of nitrogens with one attached hydrogen (secondary N) is 1. The summed E-state index contributed by atoms with van der Waals surface area (Å²) in [5, 5.41) is 3.80. The van der Waals surface area contributed by atoms with E-state index in [9.17, 15) is 4.79 Å². The van der Waals surface area contributed by atoms with Crippen LogP contribution in [0.2, 0.25) is 0 Å². The summed E-state index contributed by atoms with van der Waals surface area (Å²) in [6.07, 6.45) is 0. The second kappa shape index (κ2) is 4.41. The van der Waals surface area contributed by atoms with Gasteiger partial charge in [-0.3, -0.25) is 4.79 Å². The Hall–Kier alpha value is -1.49. The Morgan fingerprint density at radius 1 is 1.41 bits per heavy atom. The Morgan fingerprint density at radius 3 is 2.76 bits per heavy atom. The summed E-state index contributed by atoms with van der Waals surface area (Å²) in [5.41, 5.74) is 2.07. The van der Waals surface area contributed by atoms with E-state index in [2.05, 4.69) is 14.7 Å². The van der Waals surface area contributed by atoms with Crippen molar-refractivity contribution in [2.75, 3.05) is 5.32 Å². The molecule has 0 aliphatic carbocycles. The monoisotopic (exact) mass is 249 g/mol. The standard InChI is InChI=1S/C12H15N3OS/c1-6(2)11(16)14-10-9-7(3)5-8(4)13-12(9)17-15-10/h5-6H,1-4H3,(H,14,15,16). The number of carbonyl (C=O) groups excluding carboxylic acids is 1. The van der Waals surface area contributed by atoms with Gasteiger partial charge in [0.25, 0.3) is 0 Å². The lowest BCUT2D eigenvalue weighted by molar-refractivity contribution is -0.118. The average molecular weight is 249 g/mol. The number of rotatable bonds is 2. The Morgan fingerprint density at radius 2 is 2.12 bits per heavy atom. The highest BCUT2D eigenvalue weighted by molar-refractivity contribution is 7.13. The molecule has 0 fully saturated rings. The van der Waals surface area contributed by atoms with Crippen molar-refractivity contribution in [1.29, 1.82) is 0 Å². The van der Waals surface area contributed by atoms with E-state index in [0.717, 1.165) is 21.5 Å². The fourth-order valence-corrected chi connectivity index (χ4v) is 2.49. The first kappa shape index (κ1) is 12.0. The van der Waals surface area contributed by atoms with Crippen molar-refractivity contribution in [2.45, 2.75) is 27.7 Å². The number of nitrogens with zero attached hydrogens (tertiary/aromatic N) is 2. The quantitative estimate of drug-likeness (QED) is 0.890. The van der Waals surface area contributed by atoms with Gasteiger partial charge in [0.2, 0.25) is 5.91 Å². The molecule has 0 saturated carbocycles. The van der Waals surface area contributed by atoms with E-state index in [1.165, 1.54) is 11.5 Å². The molecule has 2 rings (SSSR count). The predicted molar refractivity (Wildman–Crippen MR) is 70.4 cm³/mol. The summed E-state index contributed by atoms with van der Waals surface area (Å²) in [4.78, 5) is 17.0. The molecule has 1 N–H and O–H groups in total. The largest absolute Gasteiger partial charge is 0.309 e. The van der Waals surface area contributed by atoms with E-state index in [1.807, 2.05) is 33.8 Å². The third kappa shape index (κ3) is 2.29. The molecule has 0 aliphatic heterocycles. The van der Waals surface area contributed by atoms with Crippen molar-refractivity contribution in [2.24, 2.45) is 5.92 Å². The zero-order valence-corrected chi connectivity index (χ0v) is 11.2. The van der Waals surface area contributed by atoms with Crippen LogP contribution in [0.25, 0.3) is 10.2 Å². The van der Waals surface area contributed by atoms with E-state index in [0.29, 0.717) is 5.82 Å². The fraction of sp³-hybridized carbons (Fsp3) is 0.417. The van der Waals surface area contributed by atoms with E-state index in [1.54, 1.807) is 0 Å². The molecule has 0 atom stereocenters. The van der Waals surface area contributed by atoms with E-state index < -0.39 is 0 Å². The minimum absolute atomic E-state index is 0.0165. The Kier molecular flexibility index (Phi) is 3.11. The van der Waals surface area contributed by atoms with Crippen LogP contribution in [0.1, 0.15) is 25.1 Å². The predicted octanol–water partition coefficient (Wildman–Crippen LogP) is 2.90. The zero-order valence-electron chi connectivity index (χ0n) is 10.4. The smallest absolute Gasteiger partial charge is 0.228 e. The second-order valence-electron chi connectivity index (χ2n) is 4.44. The third-order valence-corrected chi connectivity index (χ3v) is 3.28. The highest BCUT2D eigenvalue weighted by Crippen LogP contribution is 2.28. The number of aromatic nitrogens is 2. The lowest BCUT2D eigenvalue weighted by atomic mass is 10.1. The summed E-state index contributed by atoms with van der Waals surface area (Å²) in [6.45, 7) is 7.69. The first-order valence-corrected chi connectivity index (χ1v) is 6.31. The summed E-state index contributed by atoms with van der Waals surface area (Å²) in [5.74, 6) is 0.566. The average Bonchev–Trinajstić information content (AvgIpc) is 2.60. The summed E-state index contributed by atoms with van der Waals surface area (Å²) >= 11 is 1.32. The first-order valence-electron chi connectivity index (χ1n) is 5.53. The molecular formula is C12H15N3OS. The number of hydrogen-bond donors (Lipinski definition) is 1. The molecule has 5 heteroatoms. The fourth-order valence-electron chi connectivity index (χ4n) is 1.64. The van der Waals surface area contributed by atoms with Gasteiger partial charge in [-0.15, -0.1) is 0 Å². The van der Waals surface area contributed by atoms with Crippen LogP contribution in [-0.4, -0.2) is 15.3 Å². The molecule has 90 valence electrons. The van der Waals surface area contributed by atoms with Crippen LogP contribution < -0.4 is 5.32 Å². The van der Waals surface area contributed by atoms with Gasteiger partial charge in [-0.05, 0) is 37.0 Å².